The lowest BCUT2D eigenvalue weighted by atomic mass is 9.83. The van der Waals surface area contributed by atoms with Gasteiger partial charge in [0, 0.05) is 17.7 Å². The van der Waals surface area contributed by atoms with E-state index >= 15 is 0 Å². The number of benzene rings is 4. The molecule has 5 aromatic carbocycles. The third-order valence-corrected chi connectivity index (χ3v) is 8.65. The van der Waals surface area contributed by atoms with E-state index in [-0.39, 0.29) is 5.92 Å². The molecule has 1 heteroatoms. The molecule has 0 fully saturated rings. The normalized spacial score (nSPS) is 15.6. The summed E-state index contributed by atoms with van der Waals surface area (Å²) in [5.74, 6) is 0.271. The molecular formula is C43H41N. The lowest BCUT2D eigenvalue weighted by Crippen LogP contribution is -2.36. The predicted molar refractivity (Wildman–Crippen MR) is 192 cm³/mol. The van der Waals surface area contributed by atoms with Crippen molar-refractivity contribution in [1.29, 1.82) is 0 Å². The van der Waals surface area contributed by atoms with Crippen molar-refractivity contribution in [3.8, 4) is 22.3 Å². The average molecular weight is 572 g/mol. The van der Waals surface area contributed by atoms with Gasteiger partial charge in [-0.05, 0) is 81.3 Å². The molecule has 0 spiro atoms. The Balaban J connectivity index is 1.75. The monoisotopic (exact) mass is 571 g/mol. The van der Waals surface area contributed by atoms with Crippen LogP contribution in [0, 0.1) is 5.92 Å². The van der Waals surface area contributed by atoms with E-state index in [1.807, 2.05) is 0 Å². The van der Waals surface area contributed by atoms with Crippen LogP contribution in [-0.4, -0.2) is 6.04 Å². The van der Waals surface area contributed by atoms with Crippen LogP contribution in [0.3, 0.4) is 0 Å². The Morgan fingerprint density at radius 3 is 1.73 bits per heavy atom. The fourth-order valence-electron chi connectivity index (χ4n) is 6.30. The molecule has 5 aromatic rings. The van der Waals surface area contributed by atoms with Gasteiger partial charge in [0.25, 0.3) is 0 Å². The van der Waals surface area contributed by atoms with E-state index in [1.165, 1.54) is 66.2 Å². The van der Waals surface area contributed by atoms with Crippen molar-refractivity contribution >= 4 is 27.1 Å². The highest BCUT2D eigenvalue weighted by molar-refractivity contribution is 6.22. The van der Waals surface area contributed by atoms with Crippen molar-refractivity contribution in [1.82, 2.24) is 5.32 Å². The van der Waals surface area contributed by atoms with Gasteiger partial charge in [-0.15, -0.1) is 0 Å². The maximum atomic E-state index is 3.60. The molecule has 1 nitrogen and oxygen atoms in total. The van der Waals surface area contributed by atoms with Crippen LogP contribution in [0.15, 0.2) is 157 Å². The molecule has 1 heterocycles. The summed E-state index contributed by atoms with van der Waals surface area (Å²) in [5.41, 5.74) is 10.1. The van der Waals surface area contributed by atoms with Crippen LogP contribution >= 0.6 is 0 Å². The minimum atomic E-state index is 0.271. The second kappa shape index (κ2) is 13.2. The number of hydrogen-bond donors (Lipinski definition) is 1. The lowest BCUT2D eigenvalue weighted by Gasteiger charge is -2.29. The van der Waals surface area contributed by atoms with Crippen LogP contribution in [-0.2, 0) is 0 Å². The van der Waals surface area contributed by atoms with Crippen molar-refractivity contribution in [2.24, 2.45) is 5.92 Å². The van der Waals surface area contributed by atoms with Gasteiger partial charge in [-0.3, -0.25) is 0 Å². The van der Waals surface area contributed by atoms with Gasteiger partial charge in [0.2, 0.25) is 0 Å². The number of rotatable bonds is 7. The van der Waals surface area contributed by atoms with Crippen molar-refractivity contribution in [3.63, 3.8) is 0 Å². The SMILES string of the molecule is CC/C(C)=C/C(=C\C(C)C1=CC(C)N1)c1ccccccccc1-c1c2ccccc2c(-c2ccccc2)c2ccccc12. The standard InChI is InChI=1S/C43H41N/c1-5-30(2)27-34(28-31(3)41-29-32(4)44-41)35-21-13-8-6-7-9-14-22-36(35)43-39-25-17-15-23-37(39)42(33-19-11-10-12-20-33)38-24-16-18-26-40(38)43/h6-29,31-32,44H,5H2,1-4H3/b7-6?,8-6?,9-7?,13-8?,14-9?,21-13?,22-14?,30-27+,34-28+,35-21?,36-22?,36-35?. The molecule has 0 aliphatic carbocycles. The van der Waals surface area contributed by atoms with E-state index < -0.39 is 0 Å². The van der Waals surface area contributed by atoms with Gasteiger partial charge in [0.1, 0.15) is 0 Å². The smallest absolute Gasteiger partial charge is 0.0432 e. The van der Waals surface area contributed by atoms with Gasteiger partial charge in [-0.2, -0.15) is 0 Å². The zero-order chi connectivity index (χ0) is 30.5. The Labute approximate surface area is 262 Å². The Morgan fingerprint density at radius 1 is 0.682 bits per heavy atom. The molecule has 1 aliphatic heterocycles. The van der Waals surface area contributed by atoms with E-state index in [9.17, 15) is 0 Å². The number of hydrogen-bond acceptors (Lipinski definition) is 1. The topological polar surface area (TPSA) is 12.0 Å². The Morgan fingerprint density at radius 2 is 1.16 bits per heavy atom. The lowest BCUT2D eigenvalue weighted by molar-refractivity contribution is 0.576. The van der Waals surface area contributed by atoms with Gasteiger partial charge in [0.05, 0.1) is 0 Å². The molecule has 0 saturated carbocycles. The van der Waals surface area contributed by atoms with E-state index in [4.69, 9.17) is 0 Å². The van der Waals surface area contributed by atoms with Crippen LogP contribution in [0.5, 0.6) is 0 Å². The molecule has 0 aromatic heterocycles. The van der Waals surface area contributed by atoms with E-state index in [1.54, 1.807) is 0 Å². The summed E-state index contributed by atoms with van der Waals surface area (Å²) in [4.78, 5) is 0. The zero-order valence-electron chi connectivity index (χ0n) is 26.2. The molecule has 44 heavy (non-hydrogen) atoms. The molecule has 1 N–H and O–H groups in total. The van der Waals surface area contributed by atoms with E-state index in [0.29, 0.717) is 6.04 Å². The molecule has 0 radical (unpaired) electrons. The minimum Gasteiger partial charge on any atom is -0.382 e. The van der Waals surface area contributed by atoms with Gasteiger partial charge < -0.3 is 5.32 Å². The maximum absolute atomic E-state index is 3.60. The summed E-state index contributed by atoms with van der Waals surface area (Å²) < 4.78 is 0. The highest BCUT2D eigenvalue weighted by atomic mass is 15.0. The zero-order valence-corrected chi connectivity index (χ0v) is 26.2. The number of allylic oxidation sites excluding steroid dienone is 4. The van der Waals surface area contributed by atoms with Crippen LogP contribution in [0.25, 0.3) is 49.4 Å². The van der Waals surface area contributed by atoms with Gasteiger partial charge in [-0.1, -0.05) is 159 Å². The molecule has 218 valence electrons. The van der Waals surface area contributed by atoms with Crippen LogP contribution in [0.1, 0.15) is 39.7 Å². The van der Waals surface area contributed by atoms with Crippen molar-refractivity contribution in [3.05, 3.63) is 162 Å². The fourth-order valence-corrected chi connectivity index (χ4v) is 6.30. The predicted octanol–water partition coefficient (Wildman–Crippen LogP) is 11.7. The Bertz CT molecular complexity index is 1900. The average Bonchev–Trinajstić information content (AvgIpc) is 3.04. The van der Waals surface area contributed by atoms with E-state index in [2.05, 4.69) is 179 Å². The molecule has 2 unspecified atom stereocenters. The van der Waals surface area contributed by atoms with Gasteiger partial charge >= 0.3 is 0 Å². The highest BCUT2D eigenvalue weighted by Crippen LogP contribution is 2.45. The summed E-state index contributed by atoms with van der Waals surface area (Å²) in [7, 11) is 0. The molecule has 1 aliphatic rings. The molecule has 0 amide bonds. The summed E-state index contributed by atoms with van der Waals surface area (Å²) >= 11 is 0. The third kappa shape index (κ3) is 5.96. The van der Waals surface area contributed by atoms with Crippen LogP contribution in [0.2, 0.25) is 0 Å². The van der Waals surface area contributed by atoms with Crippen molar-refractivity contribution in [2.75, 3.05) is 0 Å². The van der Waals surface area contributed by atoms with Crippen molar-refractivity contribution < 1.29 is 0 Å². The number of nitrogens with one attached hydrogen (secondary N) is 1. The molecule has 0 saturated heterocycles. The summed E-state index contributed by atoms with van der Waals surface area (Å²) in [6.45, 7) is 8.97. The summed E-state index contributed by atoms with van der Waals surface area (Å²) in [5, 5.41) is 8.64. The Kier molecular flexibility index (Phi) is 8.75. The molecule has 2 atom stereocenters. The van der Waals surface area contributed by atoms with Crippen LogP contribution in [0.4, 0.5) is 0 Å². The second-order valence-corrected chi connectivity index (χ2v) is 11.8. The number of fused-ring (bicyclic) bond motifs is 2. The first-order chi connectivity index (χ1) is 21.5. The van der Waals surface area contributed by atoms with Crippen LogP contribution < -0.4 is 5.32 Å². The fraction of sp³-hybridized carbons (Fsp3) is 0.163. The Hall–Kier alpha value is -4.88. The molecular weight excluding hydrogens is 530 g/mol. The second-order valence-electron chi connectivity index (χ2n) is 11.8. The first-order valence-corrected chi connectivity index (χ1v) is 15.8. The molecule has 0 bridgehead atoms. The molecule has 6 rings (SSSR count). The van der Waals surface area contributed by atoms with E-state index in [0.717, 1.165) is 6.42 Å². The van der Waals surface area contributed by atoms with Crippen molar-refractivity contribution in [2.45, 2.75) is 40.2 Å². The van der Waals surface area contributed by atoms with Gasteiger partial charge in [0.15, 0.2) is 0 Å². The maximum Gasteiger partial charge on any atom is 0.0432 e. The minimum absolute atomic E-state index is 0.271. The highest BCUT2D eigenvalue weighted by Gasteiger charge is 2.21. The summed E-state index contributed by atoms with van der Waals surface area (Å²) in [6, 6.07) is 46.5. The first-order valence-electron chi connectivity index (χ1n) is 15.8. The summed E-state index contributed by atoms with van der Waals surface area (Å²) in [6.07, 6.45) is 8.17. The quantitative estimate of drug-likeness (QED) is 0.151. The first kappa shape index (κ1) is 29.2. The third-order valence-electron chi connectivity index (χ3n) is 8.65. The van der Waals surface area contributed by atoms with Gasteiger partial charge in [-0.25, -0.2) is 0 Å². The largest absolute Gasteiger partial charge is 0.382 e.